The van der Waals surface area contributed by atoms with Gasteiger partial charge < -0.3 is 14.6 Å². The Hall–Kier alpha value is -0.653. The van der Waals surface area contributed by atoms with Gasteiger partial charge in [0, 0.05) is 0 Å². The van der Waals surface area contributed by atoms with Gasteiger partial charge in [0.05, 0.1) is 21.3 Å². The molecule has 5 heteroatoms. The average Bonchev–Trinajstić information content (AvgIpc) is 2.44. The Morgan fingerprint density at radius 2 is 1.90 bits per heavy atom. The molecule has 1 saturated carbocycles. The molecule has 1 rings (SSSR count). The Kier molecular flexibility index (Phi) is 7.63. The molecule has 0 aliphatic heterocycles. The monoisotopic (exact) mass is 314 g/mol. The van der Waals surface area contributed by atoms with Crippen molar-refractivity contribution in [2.45, 2.75) is 70.6 Å². The SMILES string of the molecule is COC(=O)C(O)OC(C/C=C/[Si](C)(C)C)C1CCCCC1. The van der Waals surface area contributed by atoms with Crippen LogP contribution in [-0.2, 0) is 14.3 Å². The van der Waals surface area contributed by atoms with Gasteiger partial charge in [-0.1, -0.05) is 50.7 Å². The topological polar surface area (TPSA) is 55.8 Å². The van der Waals surface area contributed by atoms with E-state index in [0.29, 0.717) is 5.92 Å². The highest BCUT2D eigenvalue weighted by Gasteiger charge is 2.28. The van der Waals surface area contributed by atoms with Crippen LogP contribution in [0.15, 0.2) is 11.8 Å². The predicted octanol–water partition coefficient (Wildman–Crippen LogP) is 3.27. The van der Waals surface area contributed by atoms with Gasteiger partial charge in [0.25, 0.3) is 6.29 Å². The summed E-state index contributed by atoms with van der Waals surface area (Å²) in [6, 6.07) is 0. The minimum Gasteiger partial charge on any atom is -0.465 e. The first-order chi connectivity index (χ1) is 9.83. The molecule has 122 valence electrons. The summed E-state index contributed by atoms with van der Waals surface area (Å²) in [7, 11) is 0.0271. The van der Waals surface area contributed by atoms with Crippen molar-refractivity contribution in [1.29, 1.82) is 0 Å². The van der Waals surface area contributed by atoms with Gasteiger partial charge in [-0.15, -0.1) is 0 Å². The van der Waals surface area contributed by atoms with Gasteiger partial charge in [-0.05, 0) is 25.2 Å². The molecular formula is C16H30O4Si. The largest absolute Gasteiger partial charge is 0.465 e. The summed E-state index contributed by atoms with van der Waals surface area (Å²) >= 11 is 0. The van der Waals surface area contributed by atoms with E-state index in [-0.39, 0.29) is 6.10 Å². The van der Waals surface area contributed by atoms with Gasteiger partial charge in [-0.3, -0.25) is 0 Å². The maximum atomic E-state index is 11.4. The number of ether oxygens (including phenoxy) is 2. The lowest BCUT2D eigenvalue weighted by Gasteiger charge is -2.30. The highest BCUT2D eigenvalue weighted by atomic mass is 28.3. The van der Waals surface area contributed by atoms with Crippen molar-refractivity contribution in [3.8, 4) is 0 Å². The third-order valence-corrected chi connectivity index (χ3v) is 5.10. The fourth-order valence-electron chi connectivity index (χ4n) is 2.74. The molecule has 1 aliphatic rings. The molecule has 0 aromatic heterocycles. The minimum atomic E-state index is -1.47. The Morgan fingerprint density at radius 3 is 2.43 bits per heavy atom. The van der Waals surface area contributed by atoms with E-state index in [1.54, 1.807) is 0 Å². The number of hydrogen-bond acceptors (Lipinski definition) is 4. The van der Waals surface area contributed by atoms with Crippen molar-refractivity contribution in [2.24, 2.45) is 5.92 Å². The van der Waals surface area contributed by atoms with Crippen molar-refractivity contribution >= 4 is 14.0 Å². The Balaban J connectivity index is 2.64. The first kappa shape index (κ1) is 18.4. The van der Waals surface area contributed by atoms with E-state index in [9.17, 15) is 9.90 Å². The number of rotatable bonds is 7. The van der Waals surface area contributed by atoms with Crippen LogP contribution < -0.4 is 0 Å². The maximum absolute atomic E-state index is 11.4. The predicted molar refractivity (Wildman–Crippen MR) is 86.6 cm³/mol. The molecule has 0 radical (unpaired) electrons. The molecule has 1 N–H and O–H groups in total. The van der Waals surface area contributed by atoms with Gasteiger partial charge in [-0.2, -0.15) is 0 Å². The molecule has 1 aliphatic carbocycles. The van der Waals surface area contributed by atoms with Crippen LogP contribution in [0.1, 0.15) is 38.5 Å². The van der Waals surface area contributed by atoms with Gasteiger partial charge in [0.1, 0.15) is 0 Å². The lowest BCUT2D eigenvalue weighted by molar-refractivity contribution is -0.195. The standard InChI is InChI=1S/C16H30O4Si/c1-19-15(17)16(18)20-14(11-8-12-21(2,3)4)13-9-6-5-7-10-13/h8,12-14,16,18H,5-7,9-11H2,1-4H3/b12-8+. The molecule has 1 fully saturated rings. The van der Waals surface area contributed by atoms with E-state index in [2.05, 4.69) is 36.2 Å². The van der Waals surface area contributed by atoms with Crippen molar-refractivity contribution in [3.63, 3.8) is 0 Å². The fourth-order valence-corrected chi connectivity index (χ4v) is 3.59. The van der Waals surface area contributed by atoms with Crippen LogP contribution in [0.2, 0.25) is 19.6 Å². The summed E-state index contributed by atoms with van der Waals surface area (Å²) in [6.45, 7) is 6.84. The summed E-state index contributed by atoms with van der Waals surface area (Å²) in [5, 5.41) is 9.77. The Bertz CT molecular complexity index is 343. The molecule has 0 spiro atoms. The molecule has 21 heavy (non-hydrogen) atoms. The molecule has 0 amide bonds. The zero-order chi connectivity index (χ0) is 15.9. The Morgan fingerprint density at radius 1 is 1.29 bits per heavy atom. The third kappa shape index (κ3) is 7.25. The summed E-state index contributed by atoms with van der Waals surface area (Å²) in [5.74, 6) is -0.297. The summed E-state index contributed by atoms with van der Waals surface area (Å²) < 4.78 is 10.1. The second-order valence-electron chi connectivity index (χ2n) is 6.95. The molecule has 2 unspecified atom stereocenters. The average molecular weight is 314 g/mol. The summed E-state index contributed by atoms with van der Waals surface area (Å²) in [5.41, 5.74) is 2.29. The zero-order valence-electron chi connectivity index (χ0n) is 13.8. The van der Waals surface area contributed by atoms with Crippen molar-refractivity contribution < 1.29 is 19.4 Å². The molecular weight excluding hydrogens is 284 g/mol. The van der Waals surface area contributed by atoms with Gasteiger partial charge in [-0.25, -0.2) is 4.79 Å². The van der Waals surface area contributed by atoms with Crippen LogP contribution in [0.4, 0.5) is 0 Å². The number of methoxy groups -OCH3 is 1. The molecule has 2 atom stereocenters. The summed E-state index contributed by atoms with van der Waals surface area (Å²) in [6.07, 6.45) is 7.24. The van der Waals surface area contributed by atoms with Gasteiger partial charge in [0.2, 0.25) is 0 Å². The smallest absolute Gasteiger partial charge is 0.363 e. The van der Waals surface area contributed by atoms with E-state index in [4.69, 9.17) is 4.74 Å². The van der Waals surface area contributed by atoms with Crippen LogP contribution in [0.3, 0.4) is 0 Å². The fraction of sp³-hybridized carbons (Fsp3) is 0.812. The first-order valence-electron chi connectivity index (χ1n) is 7.92. The minimum absolute atomic E-state index is 0.105. The Labute approximate surface area is 129 Å². The molecule has 0 heterocycles. The first-order valence-corrected chi connectivity index (χ1v) is 11.5. The van der Waals surface area contributed by atoms with Crippen molar-refractivity contribution in [1.82, 2.24) is 0 Å². The highest BCUT2D eigenvalue weighted by molar-refractivity contribution is 6.80. The second-order valence-corrected chi connectivity index (χ2v) is 12.0. The van der Waals surface area contributed by atoms with E-state index >= 15 is 0 Å². The lowest BCUT2D eigenvalue weighted by atomic mass is 9.84. The van der Waals surface area contributed by atoms with Crippen molar-refractivity contribution in [3.05, 3.63) is 11.8 Å². The van der Waals surface area contributed by atoms with E-state index in [1.165, 1.54) is 26.4 Å². The van der Waals surface area contributed by atoms with Crippen LogP contribution in [0.25, 0.3) is 0 Å². The molecule has 0 aromatic carbocycles. The highest BCUT2D eigenvalue weighted by Crippen LogP contribution is 2.30. The zero-order valence-corrected chi connectivity index (χ0v) is 14.8. The molecule has 0 bridgehead atoms. The number of aliphatic hydroxyl groups excluding tert-OH is 1. The lowest BCUT2D eigenvalue weighted by Crippen LogP contribution is -2.35. The number of hydrogen-bond donors (Lipinski definition) is 1. The van der Waals surface area contributed by atoms with Crippen LogP contribution >= 0.6 is 0 Å². The van der Waals surface area contributed by atoms with Crippen LogP contribution in [0, 0.1) is 5.92 Å². The van der Waals surface area contributed by atoms with Crippen molar-refractivity contribution in [2.75, 3.05) is 7.11 Å². The quantitative estimate of drug-likeness (QED) is 0.445. The molecule has 0 aromatic rings. The number of carbonyl (C=O) groups excluding carboxylic acids is 1. The third-order valence-electron chi connectivity index (χ3n) is 3.87. The number of aliphatic hydroxyl groups is 1. The maximum Gasteiger partial charge on any atom is 0.363 e. The van der Waals surface area contributed by atoms with E-state index in [0.717, 1.165) is 19.3 Å². The van der Waals surface area contributed by atoms with Crippen LogP contribution in [-0.4, -0.2) is 38.7 Å². The van der Waals surface area contributed by atoms with E-state index in [1.807, 2.05) is 0 Å². The van der Waals surface area contributed by atoms with Gasteiger partial charge in [0.15, 0.2) is 0 Å². The van der Waals surface area contributed by atoms with Gasteiger partial charge >= 0.3 is 5.97 Å². The molecule has 0 saturated heterocycles. The van der Waals surface area contributed by atoms with E-state index < -0.39 is 20.3 Å². The summed E-state index contributed by atoms with van der Waals surface area (Å²) in [4.78, 5) is 11.4. The molecule has 4 nitrogen and oxygen atoms in total. The number of esters is 1. The second kappa shape index (κ2) is 8.71. The number of carbonyl (C=O) groups is 1. The van der Waals surface area contributed by atoms with Crippen LogP contribution in [0.5, 0.6) is 0 Å². The normalized spacial score (nSPS) is 20.4.